The number of nitrogens with two attached hydrogens (primary N) is 1. The van der Waals surface area contributed by atoms with Crippen molar-refractivity contribution in [3.63, 3.8) is 0 Å². The molecule has 2 N–H and O–H groups in total. The van der Waals surface area contributed by atoms with E-state index < -0.39 is 0 Å². The van der Waals surface area contributed by atoms with Crippen molar-refractivity contribution in [2.24, 2.45) is 17.6 Å². The molecule has 0 saturated heterocycles. The fourth-order valence-electron chi connectivity index (χ4n) is 3.26. The summed E-state index contributed by atoms with van der Waals surface area (Å²) in [6, 6.07) is 8.32. The molecule has 1 aromatic rings. The van der Waals surface area contributed by atoms with Crippen LogP contribution in [0.1, 0.15) is 58.1 Å². The number of benzene rings is 1. The molecular weight excluding hydrogens is 234 g/mol. The number of ether oxygens (including phenoxy) is 1. The van der Waals surface area contributed by atoms with Gasteiger partial charge in [-0.3, -0.25) is 0 Å². The molecule has 2 rings (SSSR count). The molecule has 2 unspecified atom stereocenters. The van der Waals surface area contributed by atoms with Gasteiger partial charge < -0.3 is 10.5 Å². The first-order chi connectivity index (χ1) is 9.10. The van der Waals surface area contributed by atoms with Crippen LogP contribution in [0.3, 0.4) is 0 Å². The van der Waals surface area contributed by atoms with Crippen LogP contribution in [0.5, 0.6) is 5.75 Å². The van der Waals surface area contributed by atoms with Crippen LogP contribution in [0.2, 0.25) is 0 Å². The molecule has 1 saturated carbocycles. The maximum Gasteiger partial charge on any atom is 0.124 e. The number of hydrogen-bond donors (Lipinski definition) is 1. The minimum atomic E-state index is 0.0784. The van der Waals surface area contributed by atoms with Gasteiger partial charge in [0.1, 0.15) is 5.75 Å². The van der Waals surface area contributed by atoms with Crippen molar-refractivity contribution in [1.29, 1.82) is 0 Å². The van der Waals surface area contributed by atoms with E-state index in [0.717, 1.165) is 29.6 Å². The Kier molecular flexibility index (Phi) is 4.87. The predicted molar refractivity (Wildman–Crippen MR) is 80.3 cm³/mol. The molecule has 0 amide bonds. The monoisotopic (exact) mass is 261 g/mol. The third-order valence-electron chi connectivity index (χ3n) is 4.19. The van der Waals surface area contributed by atoms with Crippen LogP contribution >= 0.6 is 0 Å². The van der Waals surface area contributed by atoms with E-state index in [1.165, 1.54) is 19.3 Å². The smallest absolute Gasteiger partial charge is 0.124 e. The lowest BCUT2D eigenvalue weighted by molar-refractivity contribution is 0.0997. The van der Waals surface area contributed by atoms with Crippen molar-refractivity contribution in [2.45, 2.75) is 58.6 Å². The van der Waals surface area contributed by atoms with Crippen LogP contribution in [0.15, 0.2) is 24.3 Å². The van der Waals surface area contributed by atoms with Crippen molar-refractivity contribution >= 4 is 0 Å². The molecule has 0 aromatic heterocycles. The summed E-state index contributed by atoms with van der Waals surface area (Å²) in [6.07, 6.45) is 4.96. The molecular formula is C17H27NO. The lowest BCUT2D eigenvalue weighted by atomic mass is 9.82. The lowest BCUT2D eigenvalue weighted by Crippen LogP contribution is -2.29. The van der Waals surface area contributed by atoms with E-state index in [1.54, 1.807) is 0 Å². The second-order valence-electron chi connectivity index (χ2n) is 6.21. The molecule has 1 aromatic carbocycles. The Bertz CT molecular complexity index is 394. The average Bonchev–Trinajstić information content (AvgIpc) is 2.37. The molecule has 0 spiro atoms. The van der Waals surface area contributed by atoms with Crippen molar-refractivity contribution in [1.82, 2.24) is 0 Å². The van der Waals surface area contributed by atoms with Gasteiger partial charge in [-0.2, -0.15) is 0 Å². The van der Waals surface area contributed by atoms with E-state index >= 15 is 0 Å². The molecule has 0 heterocycles. The highest BCUT2D eigenvalue weighted by Crippen LogP contribution is 2.33. The quantitative estimate of drug-likeness (QED) is 0.877. The van der Waals surface area contributed by atoms with Gasteiger partial charge in [0.25, 0.3) is 0 Å². The van der Waals surface area contributed by atoms with Crippen LogP contribution < -0.4 is 10.5 Å². The second-order valence-corrected chi connectivity index (χ2v) is 6.21. The van der Waals surface area contributed by atoms with Crippen LogP contribution in [-0.4, -0.2) is 6.10 Å². The van der Waals surface area contributed by atoms with Gasteiger partial charge in [0.2, 0.25) is 0 Å². The first-order valence-electron chi connectivity index (χ1n) is 7.61. The molecule has 2 nitrogen and oxygen atoms in total. The Morgan fingerprint density at radius 3 is 2.42 bits per heavy atom. The summed E-state index contributed by atoms with van der Waals surface area (Å²) in [5, 5.41) is 0. The Morgan fingerprint density at radius 2 is 1.79 bits per heavy atom. The fraction of sp³-hybridized carbons (Fsp3) is 0.647. The van der Waals surface area contributed by atoms with Crippen LogP contribution in [0, 0.1) is 11.8 Å². The van der Waals surface area contributed by atoms with Crippen molar-refractivity contribution in [2.75, 3.05) is 0 Å². The van der Waals surface area contributed by atoms with E-state index in [1.807, 2.05) is 12.1 Å². The molecule has 19 heavy (non-hydrogen) atoms. The fourth-order valence-corrected chi connectivity index (χ4v) is 3.26. The summed E-state index contributed by atoms with van der Waals surface area (Å²) >= 11 is 0. The van der Waals surface area contributed by atoms with Crippen LogP contribution in [0.25, 0.3) is 0 Å². The van der Waals surface area contributed by atoms with Crippen LogP contribution in [0.4, 0.5) is 0 Å². The average molecular weight is 261 g/mol. The van der Waals surface area contributed by atoms with Gasteiger partial charge >= 0.3 is 0 Å². The van der Waals surface area contributed by atoms with Gasteiger partial charge in [-0.25, -0.2) is 0 Å². The van der Waals surface area contributed by atoms with E-state index in [-0.39, 0.29) is 6.04 Å². The normalized spacial score (nSPS) is 28.9. The topological polar surface area (TPSA) is 35.2 Å². The highest BCUT2D eigenvalue weighted by atomic mass is 16.5. The third-order valence-corrected chi connectivity index (χ3v) is 4.19. The maximum absolute atomic E-state index is 6.27. The number of hydrogen-bond acceptors (Lipinski definition) is 2. The summed E-state index contributed by atoms with van der Waals surface area (Å²) in [5.74, 6) is 2.52. The summed E-state index contributed by atoms with van der Waals surface area (Å²) < 4.78 is 6.27. The summed E-state index contributed by atoms with van der Waals surface area (Å²) in [7, 11) is 0. The molecule has 1 aliphatic carbocycles. The van der Waals surface area contributed by atoms with Crippen molar-refractivity contribution in [3.8, 4) is 5.75 Å². The molecule has 3 atom stereocenters. The first kappa shape index (κ1) is 14.4. The third kappa shape index (κ3) is 3.73. The van der Waals surface area contributed by atoms with Gasteiger partial charge in [0.15, 0.2) is 0 Å². The second kappa shape index (κ2) is 6.42. The van der Waals surface area contributed by atoms with E-state index in [9.17, 15) is 0 Å². The number of para-hydroxylation sites is 1. The Balaban J connectivity index is 2.10. The van der Waals surface area contributed by atoms with Gasteiger partial charge in [0, 0.05) is 11.6 Å². The Hall–Kier alpha value is -1.02. The largest absolute Gasteiger partial charge is 0.490 e. The zero-order valence-electron chi connectivity index (χ0n) is 12.4. The zero-order valence-corrected chi connectivity index (χ0v) is 12.4. The molecule has 1 fully saturated rings. The summed E-state index contributed by atoms with van der Waals surface area (Å²) in [6.45, 7) is 6.78. The van der Waals surface area contributed by atoms with E-state index in [4.69, 9.17) is 10.5 Å². The van der Waals surface area contributed by atoms with Gasteiger partial charge in [-0.15, -0.1) is 0 Å². The molecule has 0 aliphatic heterocycles. The first-order valence-corrected chi connectivity index (χ1v) is 7.61. The maximum atomic E-state index is 6.27. The summed E-state index contributed by atoms with van der Waals surface area (Å²) in [5.41, 5.74) is 7.32. The SMILES string of the molecule is CC[C@@H](N)c1ccccc1OC1CC(C)CC(C)C1. The van der Waals surface area contributed by atoms with Crippen LogP contribution in [-0.2, 0) is 0 Å². The van der Waals surface area contributed by atoms with E-state index in [2.05, 4.69) is 32.9 Å². The molecule has 0 bridgehead atoms. The van der Waals surface area contributed by atoms with Crippen molar-refractivity contribution < 1.29 is 4.74 Å². The summed E-state index contributed by atoms with van der Waals surface area (Å²) in [4.78, 5) is 0. The van der Waals surface area contributed by atoms with Gasteiger partial charge in [-0.1, -0.05) is 39.0 Å². The highest BCUT2D eigenvalue weighted by molar-refractivity contribution is 5.35. The molecule has 1 aliphatic rings. The highest BCUT2D eigenvalue weighted by Gasteiger charge is 2.26. The zero-order chi connectivity index (χ0) is 13.8. The van der Waals surface area contributed by atoms with Gasteiger partial charge in [-0.05, 0) is 43.6 Å². The van der Waals surface area contributed by atoms with E-state index in [0.29, 0.717) is 6.10 Å². The molecule has 2 heteroatoms. The molecule has 106 valence electrons. The minimum Gasteiger partial charge on any atom is -0.490 e. The minimum absolute atomic E-state index is 0.0784. The Labute approximate surface area is 117 Å². The molecule has 0 radical (unpaired) electrons. The Morgan fingerprint density at radius 1 is 1.16 bits per heavy atom. The number of rotatable bonds is 4. The van der Waals surface area contributed by atoms with Gasteiger partial charge in [0.05, 0.1) is 6.10 Å². The standard InChI is InChI=1S/C17H27NO/c1-4-16(18)15-7-5-6-8-17(15)19-14-10-12(2)9-13(3)11-14/h5-8,12-14,16H,4,9-11,18H2,1-3H3/t12?,13?,14?,16-/m1/s1. The lowest BCUT2D eigenvalue weighted by Gasteiger charge is -2.32. The predicted octanol–water partition coefficient (Wildman–Crippen LogP) is 4.30. The van der Waals surface area contributed by atoms with Crippen molar-refractivity contribution in [3.05, 3.63) is 29.8 Å².